The van der Waals surface area contributed by atoms with Gasteiger partial charge in [0, 0.05) is 16.8 Å². The highest BCUT2D eigenvalue weighted by molar-refractivity contribution is 7.90. The Hall–Kier alpha value is -1.35. The van der Waals surface area contributed by atoms with Crippen LogP contribution in [0.3, 0.4) is 0 Å². The molecule has 0 radical (unpaired) electrons. The number of thiophene rings is 1. The molecule has 0 unspecified atom stereocenters. The molecule has 9 heteroatoms. The molecule has 110 valence electrons. The average Bonchev–Trinajstić information content (AvgIpc) is 2.82. The topological polar surface area (TPSA) is 64.8 Å². The molecule has 2 heterocycles. The van der Waals surface area contributed by atoms with E-state index in [0.717, 1.165) is 14.3 Å². The first-order valence-electron chi connectivity index (χ1n) is 5.68. The van der Waals surface area contributed by atoms with Crippen molar-refractivity contribution >= 4 is 21.2 Å². The minimum Gasteiger partial charge on any atom is -0.300 e. The van der Waals surface area contributed by atoms with Crippen LogP contribution in [-0.4, -0.2) is 23.2 Å². The second kappa shape index (κ2) is 5.21. The zero-order valence-electron chi connectivity index (χ0n) is 11.1. The zero-order chi connectivity index (χ0) is 15.1. The first-order chi connectivity index (χ1) is 9.22. The Balaban J connectivity index is 2.39. The van der Waals surface area contributed by atoms with Crippen LogP contribution in [0.4, 0.5) is 8.78 Å². The van der Waals surface area contributed by atoms with Gasteiger partial charge in [-0.05, 0) is 25.5 Å². The first kappa shape index (κ1) is 15.0. The van der Waals surface area contributed by atoms with Crippen LogP contribution in [0.15, 0.2) is 11.2 Å². The third kappa shape index (κ3) is 2.73. The van der Waals surface area contributed by atoms with Crippen molar-refractivity contribution in [3.8, 4) is 0 Å². The summed E-state index contributed by atoms with van der Waals surface area (Å²) in [5, 5.41) is 6.19. The van der Waals surface area contributed by atoms with Crippen LogP contribution in [0.25, 0.3) is 0 Å². The molecule has 0 saturated carbocycles. The Morgan fingerprint density at radius 1 is 1.35 bits per heavy atom. The molecule has 0 aliphatic carbocycles. The minimum absolute atomic E-state index is 0.265. The summed E-state index contributed by atoms with van der Waals surface area (Å²) in [5.74, 6) is -0.917. The van der Waals surface area contributed by atoms with Gasteiger partial charge in [0.25, 0.3) is 6.43 Å². The van der Waals surface area contributed by atoms with Gasteiger partial charge in [0.05, 0.1) is 5.75 Å². The molecular weight excluding hydrogens is 308 g/mol. The van der Waals surface area contributed by atoms with E-state index in [9.17, 15) is 17.2 Å². The summed E-state index contributed by atoms with van der Waals surface area (Å²) in [4.78, 5) is 1.89. The predicted molar refractivity (Wildman–Crippen MR) is 70.6 cm³/mol. The van der Waals surface area contributed by atoms with Crippen molar-refractivity contribution in [1.82, 2.24) is 14.8 Å². The molecule has 0 N–H and O–H groups in total. The molecule has 0 spiro atoms. The number of alkyl halides is 2. The lowest BCUT2D eigenvalue weighted by atomic mass is 10.3. The maximum atomic E-state index is 12.6. The second-order valence-electron chi connectivity index (χ2n) is 4.40. The van der Waals surface area contributed by atoms with Crippen molar-refractivity contribution in [3.05, 3.63) is 27.2 Å². The maximum Gasteiger partial charge on any atom is 0.297 e. The van der Waals surface area contributed by atoms with Crippen molar-refractivity contribution in [2.24, 2.45) is 7.05 Å². The van der Waals surface area contributed by atoms with E-state index in [-0.39, 0.29) is 5.75 Å². The summed E-state index contributed by atoms with van der Waals surface area (Å²) >= 11 is 1.49. The summed E-state index contributed by atoms with van der Waals surface area (Å²) in [5.41, 5.74) is 0.661. The standard InChI is InChI=1S/C11H13F2N3O2S2/c1-6-4-8(7(2)19-6)5-20(17,18)11-15-14-10(9(12)13)16(11)3/h4,9H,5H2,1-3H3. The zero-order valence-corrected chi connectivity index (χ0v) is 12.7. The van der Waals surface area contributed by atoms with E-state index in [1.807, 2.05) is 13.8 Å². The SMILES string of the molecule is Cc1cc(CS(=O)(=O)c2nnc(C(F)F)n2C)c(C)s1. The molecule has 0 atom stereocenters. The van der Waals surface area contributed by atoms with Gasteiger partial charge in [-0.1, -0.05) is 0 Å². The highest BCUT2D eigenvalue weighted by atomic mass is 32.2. The minimum atomic E-state index is -3.80. The number of rotatable bonds is 4. The molecular formula is C11H13F2N3O2S2. The number of hydrogen-bond acceptors (Lipinski definition) is 5. The highest BCUT2D eigenvalue weighted by Gasteiger charge is 2.27. The molecule has 0 amide bonds. The molecule has 2 rings (SSSR count). The number of halogens is 2. The quantitative estimate of drug-likeness (QED) is 0.867. The Kier molecular flexibility index (Phi) is 3.92. The van der Waals surface area contributed by atoms with E-state index in [4.69, 9.17) is 0 Å². The molecule has 0 fully saturated rings. The fraction of sp³-hybridized carbons (Fsp3) is 0.455. The molecule has 0 aromatic carbocycles. The molecule has 20 heavy (non-hydrogen) atoms. The van der Waals surface area contributed by atoms with Crippen LogP contribution >= 0.6 is 11.3 Å². The number of aromatic nitrogens is 3. The molecule has 0 bridgehead atoms. The van der Waals surface area contributed by atoms with Crippen LogP contribution in [0.2, 0.25) is 0 Å². The van der Waals surface area contributed by atoms with E-state index in [1.54, 1.807) is 6.07 Å². The summed E-state index contributed by atoms with van der Waals surface area (Å²) in [6.07, 6.45) is -2.86. The van der Waals surface area contributed by atoms with Crippen LogP contribution in [0.1, 0.15) is 27.6 Å². The molecule has 0 saturated heterocycles. The van der Waals surface area contributed by atoms with Gasteiger partial charge in [-0.15, -0.1) is 21.5 Å². The maximum absolute atomic E-state index is 12.6. The summed E-state index contributed by atoms with van der Waals surface area (Å²) in [7, 11) is -2.58. The summed E-state index contributed by atoms with van der Waals surface area (Å²) in [6.45, 7) is 3.70. The number of aryl methyl sites for hydroxylation is 2. The van der Waals surface area contributed by atoms with Crippen molar-refractivity contribution in [2.75, 3.05) is 0 Å². The van der Waals surface area contributed by atoms with E-state index in [1.165, 1.54) is 18.4 Å². The van der Waals surface area contributed by atoms with Gasteiger partial charge in [0.2, 0.25) is 20.8 Å². The normalized spacial score (nSPS) is 12.3. The number of hydrogen-bond donors (Lipinski definition) is 0. The highest BCUT2D eigenvalue weighted by Crippen LogP contribution is 2.25. The van der Waals surface area contributed by atoms with Gasteiger partial charge >= 0.3 is 0 Å². The van der Waals surface area contributed by atoms with E-state index in [2.05, 4.69) is 10.2 Å². The Bertz CT molecular complexity index is 735. The lowest BCUT2D eigenvalue weighted by Gasteiger charge is -2.04. The molecule has 2 aromatic heterocycles. The van der Waals surface area contributed by atoms with E-state index >= 15 is 0 Å². The van der Waals surface area contributed by atoms with Gasteiger partial charge < -0.3 is 4.57 Å². The molecule has 0 aliphatic rings. The summed E-state index contributed by atoms with van der Waals surface area (Å²) < 4.78 is 50.6. The van der Waals surface area contributed by atoms with E-state index < -0.39 is 27.2 Å². The smallest absolute Gasteiger partial charge is 0.297 e. The largest absolute Gasteiger partial charge is 0.300 e. The van der Waals surface area contributed by atoms with Crippen LogP contribution in [0, 0.1) is 13.8 Å². The fourth-order valence-electron chi connectivity index (χ4n) is 1.88. The number of nitrogens with zero attached hydrogens (tertiary/aromatic N) is 3. The average molecular weight is 321 g/mol. The predicted octanol–water partition coefficient (Wildman–Crippen LogP) is 2.40. The lowest BCUT2D eigenvalue weighted by Crippen LogP contribution is -2.12. The van der Waals surface area contributed by atoms with Crippen molar-refractivity contribution in [1.29, 1.82) is 0 Å². The van der Waals surface area contributed by atoms with Crippen molar-refractivity contribution in [2.45, 2.75) is 31.2 Å². The first-order valence-corrected chi connectivity index (χ1v) is 8.15. The Morgan fingerprint density at radius 2 is 2.00 bits per heavy atom. The van der Waals surface area contributed by atoms with Gasteiger partial charge in [-0.25, -0.2) is 17.2 Å². The van der Waals surface area contributed by atoms with Crippen LogP contribution in [-0.2, 0) is 22.6 Å². The van der Waals surface area contributed by atoms with Crippen LogP contribution < -0.4 is 0 Å². The number of sulfone groups is 1. The Labute approximate surface area is 119 Å². The molecule has 0 aliphatic heterocycles. The lowest BCUT2D eigenvalue weighted by molar-refractivity contribution is 0.135. The second-order valence-corrected chi connectivity index (χ2v) is 7.74. The van der Waals surface area contributed by atoms with Gasteiger partial charge in [-0.2, -0.15) is 0 Å². The van der Waals surface area contributed by atoms with Gasteiger partial charge in [0.15, 0.2) is 0 Å². The van der Waals surface area contributed by atoms with Gasteiger partial charge in [-0.3, -0.25) is 0 Å². The molecule has 2 aromatic rings. The van der Waals surface area contributed by atoms with Crippen molar-refractivity contribution in [3.63, 3.8) is 0 Å². The van der Waals surface area contributed by atoms with Crippen LogP contribution in [0.5, 0.6) is 0 Å². The molecule has 5 nitrogen and oxygen atoms in total. The van der Waals surface area contributed by atoms with E-state index in [0.29, 0.717) is 5.56 Å². The van der Waals surface area contributed by atoms with Gasteiger partial charge in [0.1, 0.15) is 0 Å². The monoisotopic (exact) mass is 321 g/mol. The third-order valence-electron chi connectivity index (χ3n) is 2.83. The summed E-state index contributed by atoms with van der Waals surface area (Å²) in [6, 6.07) is 1.78. The third-order valence-corrected chi connectivity index (χ3v) is 5.44. The Morgan fingerprint density at radius 3 is 2.45 bits per heavy atom. The fourth-order valence-corrected chi connectivity index (χ4v) is 4.44. The van der Waals surface area contributed by atoms with Crippen molar-refractivity contribution < 1.29 is 17.2 Å².